The van der Waals surface area contributed by atoms with Gasteiger partial charge in [0.2, 0.25) is 5.72 Å². The largest absolute Gasteiger partial charge is 0.354 e. The van der Waals surface area contributed by atoms with Crippen LogP contribution in [0.3, 0.4) is 0 Å². The Hall–Kier alpha value is -1.98. The zero-order valence-electron chi connectivity index (χ0n) is 9.95. The maximum atomic E-state index is 11.1. The second-order valence-corrected chi connectivity index (χ2v) is 4.11. The minimum Gasteiger partial charge on any atom is -0.354 e. The predicted molar refractivity (Wildman–Crippen MR) is 68.3 cm³/mol. The van der Waals surface area contributed by atoms with Gasteiger partial charge in [0.15, 0.2) is 0 Å². The molecule has 1 aromatic rings. The molecular formula is C13H14N2O3. The van der Waals surface area contributed by atoms with Crippen LogP contribution in [0.1, 0.15) is 5.56 Å². The average Bonchev–Trinajstić information content (AvgIpc) is 2.40. The van der Waals surface area contributed by atoms with Crippen LogP contribution in [0.5, 0.6) is 0 Å². The van der Waals surface area contributed by atoms with E-state index in [1.165, 1.54) is 19.3 Å². The van der Waals surface area contributed by atoms with E-state index in [0.717, 1.165) is 11.1 Å². The van der Waals surface area contributed by atoms with Crippen molar-refractivity contribution in [1.82, 2.24) is 0 Å². The lowest BCUT2D eigenvalue weighted by atomic mass is 9.92. The fraction of sp³-hybridized carbons (Fsp3) is 0.231. The molecule has 1 aliphatic rings. The Morgan fingerprint density at radius 2 is 2.06 bits per heavy atom. The van der Waals surface area contributed by atoms with E-state index in [-0.39, 0.29) is 0 Å². The van der Waals surface area contributed by atoms with E-state index in [2.05, 4.69) is 0 Å². The smallest absolute Gasteiger partial charge is 0.277 e. The molecule has 5 heteroatoms. The normalized spacial score (nSPS) is 26.8. The second kappa shape index (κ2) is 4.72. The highest BCUT2D eigenvalue weighted by Gasteiger charge is 2.42. The summed E-state index contributed by atoms with van der Waals surface area (Å²) in [4.78, 5) is 10.6. The standard InChI is InChI=1S/C13H14N2O3/c1-18-13(14)8-7-11(9-12(13)15(16)17)10-5-3-2-4-6-10/h2-9,12H,14H2,1H3. The van der Waals surface area contributed by atoms with E-state index in [1.54, 1.807) is 6.08 Å². The zero-order valence-corrected chi connectivity index (χ0v) is 9.95. The van der Waals surface area contributed by atoms with Crippen molar-refractivity contribution < 1.29 is 9.66 Å². The van der Waals surface area contributed by atoms with E-state index in [0.29, 0.717) is 0 Å². The van der Waals surface area contributed by atoms with Crippen molar-refractivity contribution in [3.05, 3.63) is 64.2 Å². The molecule has 0 aliphatic heterocycles. The third-order valence-electron chi connectivity index (χ3n) is 3.01. The first kappa shape index (κ1) is 12.5. The van der Waals surface area contributed by atoms with E-state index in [4.69, 9.17) is 10.5 Å². The fourth-order valence-electron chi connectivity index (χ4n) is 1.91. The second-order valence-electron chi connectivity index (χ2n) is 4.11. The Kier molecular flexibility index (Phi) is 3.27. The number of nitro groups is 1. The Morgan fingerprint density at radius 1 is 1.39 bits per heavy atom. The van der Waals surface area contributed by atoms with Gasteiger partial charge < -0.3 is 4.74 Å². The van der Waals surface area contributed by atoms with Crippen LogP contribution in [0.25, 0.3) is 5.57 Å². The first-order valence-corrected chi connectivity index (χ1v) is 5.51. The third kappa shape index (κ3) is 2.18. The molecule has 0 spiro atoms. The van der Waals surface area contributed by atoms with Crippen LogP contribution in [0.4, 0.5) is 0 Å². The Labute approximate surface area is 105 Å². The van der Waals surface area contributed by atoms with Gasteiger partial charge >= 0.3 is 0 Å². The van der Waals surface area contributed by atoms with Crippen LogP contribution in [0.2, 0.25) is 0 Å². The van der Waals surface area contributed by atoms with Gasteiger partial charge in [-0.1, -0.05) is 36.4 Å². The molecule has 2 unspecified atom stereocenters. The summed E-state index contributed by atoms with van der Waals surface area (Å²) < 4.78 is 5.04. The first-order valence-electron chi connectivity index (χ1n) is 5.51. The molecule has 94 valence electrons. The van der Waals surface area contributed by atoms with Crippen LogP contribution in [0, 0.1) is 10.1 Å². The molecule has 0 saturated heterocycles. The quantitative estimate of drug-likeness (QED) is 0.499. The fourth-order valence-corrected chi connectivity index (χ4v) is 1.91. The van der Waals surface area contributed by atoms with Crippen molar-refractivity contribution in [1.29, 1.82) is 0 Å². The molecule has 0 heterocycles. The Bertz CT molecular complexity index is 510. The first-order chi connectivity index (χ1) is 8.57. The highest BCUT2D eigenvalue weighted by molar-refractivity contribution is 5.76. The lowest BCUT2D eigenvalue weighted by Crippen LogP contribution is -2.54. The summed E-state index contributed by atoms with van der Waals surface area (Å²) in [6.07, 6.45) is 4.81. The molecule has 0 radical (unpaired) electrons. The number of benzene rings is 1. The molecule has 0 saturated carbocycles. The number of allylic oxidation sites excluding steroid dienone is 2. The molecule has 2 rings (SSSR count). The number of methoxy groups -OCH3 is 1. The molecule has 0 bridgehead atoms. The Morgan fingerprint density at radius 3 is 2.61 bits per heavy atom. The van der Waals surface area contributed by atoms with Crippen molar-refractivity contribution in [2.75, 3.05) is 7.11 Å². The summed E-state index contributed by atoms with van der Waals surface area (Å²) >= 11 is 0. The highest BCUT2D eigenvalue weighted by atomic mass is 16.6. The zero-order chi connectivity index (χ0) is 13.2. The van der Waals surface area contributed by atoms with Gasteiger partial charge in [-0.2, -0.15) is 0 Å². The predicted octanol–water partition coefficient (Wildman–Crippen LogP) is 1.59. The van der Waals surface area contributed by atoms with Gasteiger partial charge in [-0.3, -0.25) is 15.8 Å². The summed E-state index contributed by atoms with van der Waals surface area (Å²) in [5.74, 6) is 0. The number of nitrogens with two attached hydrogens (primary N) is 1. The summed E-state index contributed by atoms with van der Waals surface area (Å²) in [6.45, 7) is 0. The van der Waals surface area contributed by atoms with Crippen molar-refractivity contribution in [2.45, 2.75) is 11.8 Å². The molecular weight excluding hydrogens is 232 g/mol. The third-order valence-corrected chi connectivity index (χ3v) is 3.01. The summed E-state index contributed by atoms with van der Waals surface area (Å²) in [5, 5.41) is 11.1. The molecule has 2 atom stereocenters. The van der Waals surface area contributed by atoms with Gasteiger partial charge in [0, 0.05) is 18.1 Å². The van der Waals surface area contributed by atoms with Gasteiger partial charge in [0.1, 0.15) is 0 Å². The van der Waals surface area contributed by atoms with Crippen LogP contribution < -0.4 is 5.73 Å². The van der Waals surface area contributed by atoms with Crippen molar-refractivity contribution in [3.8, 4) is 0 Å². The number of hydrogen-bond acceptors (Lipinski definition) is 4. The van der Waals surface area contributed by atoms with Crippen LogP contribution in [-0.4, -0.2) is 23.8 Å². The van der Waals surface area contributed by atoms with Gasteiger partial charge in [0.05, 0.1) is 0 Å². The molecule has 5 nitrogen and oxygen atoms in total. The monoisotopic (exact) mass is 246 g/mol. The number of hydrogen-bond donors (Lipinski definition) is 1. The lowest BCUT2D eigenvalue weighted by Gasteiger charge is -2.28. The number of nitrogens with zero attached hydrogens (tertiary/aromatic N) is 1. The molecule has 2 N–H and O–H groups in total. The molecule has 0 fully saturated rings. The van der Waals surface area contributed by atoms with Crippen molar-refractivity contribution in [3.63, 3.8) is 0 Å². The number of rotatable bonds is 3. The van der Waals surface area contributed by atoms with E-state index in [1.807, 2.05) is 30.3 Å². The van der Waals surface area contributed by atoms with E-state index < -0.39 is 16.7 Å². The molecule has 1 aliphatic carbocycles. The van der Waals surface area contributed by atoms with Crippen LogP contribution in [0.15, 0.2) is 48.6 Å². The summed E-state index contributed by atoms with van der Waals surface area (Å²) in [6, 6.07) is 8.34. The minimum atomic E-state index is -1.39. The SMILES string of the molecule is COC1(N)C=CC(c2ccccc2)=CC1[N+](=O)[O-]. The highest BCUT2D eigenvalue weighted by Crippen LogP contribution is 2.27. The molecule has 1 aromatic carbocycles. The molecule has 0 aromatic heterocycles. The molecule has 0 amide bonds. The van der Waals surface area contributed by atoms with Crippen LogP contribution in [-0.2, 0) is 4.74 Å². The van der Waals surface area contributed by atoms with E-state index in [9.17, 15) is 10.1 Å². The molecule has 18 heavy (non-hydrogen) atoms. The van der Waals surface area contributed by atoms with E-state index >= 15 is 0 Å². The summed E-state index contributed by atoms with van der Waals surface area (Å²) in [5.41, 5.74) is 6.15. The van der Waals surface area contributed by atoms with Gasteiger partial charge in [0.25, 0.3) is 6.04 Å². The lowest BCUT2D eigenvalue weighted by molar-refractivity contribution is -0.529. The van der Waals surface area contributed by atoms with Gasteiger partial charge in [-0.25, -0.2) is 0 Å². The van der Waals surface area contributed by atoms with Gasteiger partial charge in [-0.15, -0.1) is 0 Å². The minimum absolute atomic E-state index is 0.435. The Balaban J connectivity index is 2.40. The van der Waals surface area contributed by atoms with Crippen LogP contribution >= 0.6 is 0 Å². The van der Waals surface area contributed by atoms with Crippen molar-refractivity contribution >= 4 is 5.57 Å². The van der Waals surface area contributed by atoms with Gasteiger partial charge in [-0.05, 0) is 17.2 Å². The number of ether oxygens (including phenoxy) is 1. The topological polar surface area (TPSA) is 78.4 Å². The maximum absolute atomic E-state index is 11.1. The van der Waals surface area contributed by atoms with Crippen molar-refractivity contribution in [2.24, 2.45) is 5.73 Å². The summed E-state index contributed by atoms with van der Waals surface area (Å²) in [7, 11) is 1.36. The maximum Gasteiger partial charge on any atom is 0.277 e. The average molecular weight is 246 g/mol.